The summed E-state index contributed by atoms with van der Waals surface area (Å²) < 4.78 is 0. The molecule has 1 heterocycles. The lowest BCUT2D eigenvalue weighted by atomic mass is 10.2. The molecule has 15 heavy (non-hydrogen) atoms. The van der Waals surface area contributed by atoms with Gasteiger partial charge in [0.25, 0.3) is 0 Å². The second kappa shape index (κ2) is 5.67. The number of nitrogens with zero attached hydrogens (tertiary/aromatic N) is 2. The van der Waals surface area contributed by atoms with Gasteiger partial charge in [0.2, 0.25) is 0 Å². The van der Waals surface area contributed by atoms with Crippen LogP contribution < -0.4 is 5.73 Å². The quantitative estimate of drug-likeness (QED) is 0.385. The fourth-order valence-corrected chi connectivity index (χ4v) is 1.89. The Morgan fingerprint density at radius 2 is 2.47 bits per heavy atom. The number of aliphatic hydroxyl groups excluding tert-OH is 1. The van der Waals surface area contributed by atoms with Gasteiger partial charge < -0.3 is 10.8 Å². The van der Waals surface area contributed by atoms with Crippen molar-refractivity contribution in [3.63, 3.8) is 0 Å². The Kier molecular flexibility index (Phi) is 4.51. The predicted octanol–water partition coefficient (Wildman–Crippen LogP) is 0.481. The standard InChI is InChI=1S/C9H14N4OS/c1-6(4-14)5-15-9-7(8(10)11)2-3-12-13-9/h2-3,6,14H,4-5H2,1H3,(H3,10,11). The molecule has 0 bridgehead atoms. The van der Waals surface area contributed by atoms with Crippen LogP contribution in [0, 0.1) is 11.3 Å². The number of hydrogen-bond acceptors (Lipinski definition) is 5. The van der Waals surface area contributed by atoms with Crippen molar-refractivity contribution < 1.29 is 5.11 Å². The highest BCUT2D eigenvalue weighted by molar-refractivity contribution is 7.99. The Morgan fingerprint density at radius 3 is 3.07 bits per heavy atom. The van der Waals surface area contributed by atoms with E-state index in [1.807, 2.05) is 6.92 Å². The second-order valence-electron chi connectivity index (χ2n) is 3.26. The molecule has 1 unspecified atom stereocenters. The molecule has 4 N–H and O–H groups in total. The van der Waals surface area contributed by atoms with Gasteiger partial charge in [0.1, 0.15) is 10.9 Å². The Hall–Kier alpha value is -1.14. The lowest BCUT2D eigenvalue weighted by Crippen LogP contribution is -2.14. The number of nitrogen functional groups attached to an aromatic ring is 1. The smallest absolute Gasteiger partial charge is 0.130 e. The lowest BCUT2D eigenvalue weighted by molar-refractivity contribution is 0.250. The molecule has 5 nitrogen and oxygen atoms in total. The maximum atomic E-state index is 8.87. The predicted molar refractivity (Wildman–Crippen MR) is 60.0 cm³/mol. The van der Waals surface area contributed by atoms with Crippen molar-refractivity contribution in [2.45, 2.75) is 11.9 Å². The van der Waals surface area contributed by atoms with Crippen LogP contribution in [0.1, 0.15) is 12.5 Å². The first-order chi connectivity index (χ1) is 7.15. The van der Waals surface area contributed by atoms with Crippen molar-refractivity contribution in [2.75, 3.05) is 12.4 Å². The van der Waals surface area contributed by atoms with Gasteiger partial charge in [0.15, 0.2) is 0 Å². The summed E-state index contributed by atoms with van der Waals surface area (Å²) in [4.78, 5) is 0. The Balaban J connectivity index is 2.72. The number of aliphatic hydroxyl groups is 1. The molecule has 0 aliphatic carbocycles. The van der Waals surface area contributed by atoms with Crippen LogP contribution in [0.15, 0.2) is 17.3 Å². The first kappa shape index (κ1) is 11.9. The van der Waals surface area contributed by atoms with Gasteiger partial charge in [-0.25, -0.2) is 0 Å². The molecule has 0 amide bonds. The number of thioether (sulfide) groups is 1. The topological polar surface area (TPSA) is 95.9 Å². The molecule has 0 spiro atoms. The number of hydrogen-bond donors (Lipinski definition) is 3. The van der Waals surface area contributed by atoms with Crippen LogP contribution >= 0.6 is 11.8 Å². The van der Waals surface area contributed by atoms with Gasteiger partial charge in [-0.3, -0.25) is 5.41 Å². The minimum Gasteiger partial charge on any atom is -0.396 e. The summed E-state index contributed by atoms with van der Waals surface area (Å²) in [6.45, 7) is 2.08. The zero-order chi connectivity index (χ0) is 11.3. The average molecular weight is 226 g/mol. The van der Waals surface area contributed by atoms with E-state index >= 15 is 0 Å². The molecule has 0 radical (unpaired) electrons. The van der Waals surface area contributed by atoms with Gasteiger partial charge in [-0.2, -0.15) is 5.10 Å². The molecular formula is C9H14N4OS. The minimum absolute atomic E-state index is 0.0101. The van der Waals surface area contributed by atoms with Crippen LogP contribution in [0.3, 0.4) is 0 Å². The molecule has 82 valence electrons. The highest BCUT2D eigenvalue weighted by Crippen LogP contribution is 2.21. The number of nitrogens with two attached hydrogens (primary N) is 1. The van der Waals surface area contributed by atoms with Gasteiger partial charge in [0.05, 0.1) is 11.8 Å². The van der Waals surface area contributed by atoms with Crippen molar-refractivity contribution in [3.8, 4) is 0 Å². The van der Waals surface area contributed by atoms with E-state index in [1.54, 1.807) is 6.07 Å². The van der Waals surface area contributed by atoms with Gasteiger partial charge in [-0.1, -0.05) is 6.92 Å². The number of amidine groups is 1. The highest BCUT2D eigenvalue weighted by atomic mass is 32.2. The van der Waals surface area contributed by atoms with Crippen LogP contribution in [0.2, 0.25) is 0 Å². The fraction of sp³-hybridized carbons (Fsp3) is 0.444. The second-order valence-corrected chi connectivity index (χ2v) is 4.27. The molecule has 1 aromatic heterocycles. The molecule has 0 aliphatic rings. The Labute approximate surface area is 92.6 Å². The SMILES string of the molecule is CC(CO)CSc1nnccc1C(=N)N. The molecule has 1 aromatic rings. The summed E-state index contributed by atoms with van der Waals surface area (Å²) in [6, 6.07) is 1.67. The van der Waals surface area contributed by atoms with Crippen LogP contribution in [-0.4, -0.2) is 33.5 Å². The maximum absolute atomic E-state index is 8.87. The largest absolute Gasteiger partial charge is 0.396 e. The number of aromatic nitrogens is 2. The zero-order valence-corrected chi connectivity index (χ0v) is 9.29. The monoisotopic (exact) mass is 226 g/mol. The van der Waals surface area contributed by atoms with Crippen molar-refractivity contribution in [2.24, 2.45) is 11.7 Å². The minimum atomic E-state index is -0.0101. The van der Waals surface area contributed by atoms with E-state index in [9.17, 15) is 0 Å². The summed E-state index contributed by atoms with van der Waals surface area (Å²) in [5.41, 5.74) is 6.00. The van der Waals surface area contributed by atoms with E-state index in [1.165, 1.54) is 18.0 Å². The number of rotatable bonds is 5. The molecule has 6 heteroatoms. The van der Waals surface area contributed by atoms with Crippen LogP contribution in [0.25, 0.3) is 0 Å². The normalized spacial score (nSPS) is 12.4. The van der Waals surface area contributed by atoms with E-state index < -0.39 is 0 Å². The van der Waals surface area contributed by atoms with Gasteiger partial charge in [-0.15, -0.1) is 16.9 Å². The van der Waals surface area contributed by atoms with Crippen LogP contribution in [0.5, 0.6) is 0 Å². The molecule has 0 aromatic carbocycles. The zero-order valence-electron chi connectivity index (χ0n) is 8.47. The molecule has 0 fully saturated rings. The summed E-state index contributed by atoms with van der Waals surface area (Å²) in [5, 5.41) is 24.5. The summed E-state index contributed by atoms with van der Waals surface area (Å²) in [7, 11) is 0. The third-order valence-corrected chi connectivity index (χ3v) is 3.10. The van der Waals surface area contributed by atoms with E-state index in [0.29, 0.717) is 10.6 Å². The lowest BCUT2D eigenvalue weighted by Gasteiger charge is -2.08. The van der Waals surface area contributed by atoms with Gasteiger partial charge in [-0.05, 0) is 12.0 Å². The van der Waals surface area contributed by atoms with Crippen LogP contribution in [-0.2, 0) is 0 Å². The molecule has 1 rings (SSSR count). The molecule has 0 saturated carbocycles. The summed E-state index contributed by atoms with van der Waals surface area (Å²) >= 11 is 1.45. The molecule has 0 saturated heterocycles. The fourth-order valence-electron chi connectivity index (χ4n) is 0.904. The van der Waals surface area contributed by atoms with Crippen molar-refractivity contribution >= 4 is 17.6 Å². The van der Waals surface area contributed by atoms with Gasteiger partial charge in [0, 0.05) is 12.4 Å². The maximum Gasteiger partial charge on any atom is 0.130 e. The van der Waals surface area contributed by atoms with E-state index in [0.717, 1.165) is 5.75 Å². The highest BCUT2D eigenvalue weighted by Gasteiger charge is 2.09. The first-order valence-electron chi connectivity index (χ1n) is 4.55. The number of nitrogens with one attached hydrogen (secondary N) is 1. The molecule has 1 atom stereocenters. The van der Waals surface area contributed by atoms with Crippen molar-refractivity contribution in [3.05, 3.63) is 17.8 Å². The third kappa shape index (κ3) is 3.49. The average Bonchev–Trinajstić information content (AvgIpc) is 2.26. The molecular weight excluding hydrogens is 212 g/mol. The Morgan fingerprint density at radius 1 is 1.73 bits per heavy atom. The van der Waals surface area contributed by atoms with Crippen LogP contribution in [0.4, 0.5) is 0 Å². The van der Waals surface area contributed by atoms with E-state index in [2.05, 4.69) is 10.2 Å². The van der Waals surface area contributed by atoms with Gasteiger partial charge >= 0.3 is 0 Å². The third-order valence-electron chi connectivity index (χ3n) is 1.79. The summed E-state index contributed by atoms with van der Waals surface area (Å²) in [6.07, 6.45) is 1.51. The van der Waals surface area contributed by atoms with E-state index in [-0.39, 0.29) is 18.4 Å². The van der Waals surface area contributed by atoms with E-state index in [4.69, 9.17) is 16.2 Å². The first-order valence-corrected chi connectivity index (χ1v) is 5.53. The molecule has 0 aliphatic heterocycles. The van der Waals surface area contributed by atoms with Crippen molar-refractivity contribution in [1.29, 1.82) is 5.41 Å². The van der Waals surface area contributed by atoms with Crippen molar-refractivity contribution in [1.82, 2.24) is 10.2 Å². The summed E-state index contributed by atoms with van der Waals surface area (Å²) in [5.74, 6) is 0.913. The Bertz CT molecular complexity index is 345.